The Morgan fingerprint density at radius 3 is 2.83 bits per heavy atom. The molecule has 0 spiro atoms. The third-order valence-corrected chi connectivity index (χ3v) is 6.06. The first-order valence-electron chi connectivity index (χ1n) is 7.23. The van der Waals surface area contributed by atoms with Gasteiger partial charge in [-0.25, -0.2) is 17.8 Å². The molecule has 3 rings (SSSR count). The molecule has 1 aliphatic heterocycles. The number of benzene rings is 1. The second-order valence-corrected chi connectivity index (χ2v) is 8.05. The average molecular weight is 372 g/mol. The number of rotatable bonds is 3. The van der Waals surface area contributed by atoms with Crippen LogP contribution in [-0.2, 0) is 35.8 Å². The van der Waals surface area contributed by atoms with Crippen molar-refractivity contribution in [2.75, 3.05) is 6.54 Å². The molecule has 128 valence electrons. The van der Waals surface area contributed by atoms with E-state index in [0.717, 1.165) is 6.07 Å². The molecule has 0 bridgehead atoms. The standard InChI is InChI=1S/C15H15ClFN3O3S/c1-19-9-18-14-7-20(5-4-11(14)15(19)21)24(22,23)8-10-2-3-13(17)12(16)6-10/h2-3,6,9H,4-5,7-8H2,1H3. The topological polar surface area (TPSA) is 72.3 Å². The van der Waals surface area contributed by atoms with Crippen molar-refractivity contribution in [1.29, 1.82) is 0 Å². The Balaban J connectivity index is 1.84. The van der Waals surface area contributed by atoms with Gasteiger partial charge in [-0.05, 0) is 24.1 Å². The fraction of sp³-hybridized carbons (Fsp3) is 0.333. The van der Waals surface area contributed by atoms with Gasteiger partial charge in [0.25, 0.3) is 5.56 Å². The smallest absolute Gasteiger partial charge is 0.256 e. The molecule has 6 nitrogen and oxygen atoms in total. The van der Waals surface area contributed by atoms with Gasteiger partial charge in [-0.2, -0.15) is 4.31 Å². The van der Waals surface area contributed by atoms with Crippen LogP contribution < -0.4 is 5.56 Å². The Labute approximate surface area is 143 Å². The maximum Gasteiger partial charge on any atom is 0.256 e. The van der Waals surface area contributed by atoms with Crippen LogP contribution in [-0.4, -0.2) is 28.8 Å². The summed E-state index contributed by atoms with van der Waals surface area (Å²) in [6.07, 6.45) is 1.70. The highest BCUT2D eigenvalue weighted by atomic mass is 35.5. The number of aromatic nitrogens is 2. The van der Waals surface area contributed by atoms with E-state index in [1.807, 2.05) is 0 Å². The van der Waals surface area contributed by atoms with Crippen LogP contribution in [0.3, 0.4) is 0 Å². The molecule has 24 heavy (non-hydrogen) atoms. The van der Waals surface area contributed by atoms with Crippen LogP contribution in [0, 0.1) is 5.82 Å². The largest absolute Gasteiger partial charge is 0.302 e. The van der Waals surface area contributed by atoms with E-state index in [1.165, 1.54) is 27.3 Å². The molecular formula is C15H15ClFN3O3S. The molecule has 0 amide bonds. The van der Waals surface area contributed by atoms with Crippen LogP contribution in [0.1, 0.15) is 16.8 Å². The molecule has 0 atom stereocenters. The van der Waals surface area contributed by atoms with E-state index in [1.54, 1.807) is 7.05 Å². The van der Waals surface area contributed by atoms with Crippen LogP contribution >= 0.6 is 11.6 Å². The quantitative estimate of drug-likeness (QED) is 0.818. The van der Waals surface area contributed by atoms with Gasteiger partial charge in [0.1, 0.15) is 5.82 Å². The van der Waals surface area contributed by atoms with Crippen molar-refractivity contribution >= 4 is 21.6 Å². The predicted octanol–water partition coefficient (Wildman–Crippen LogP) is 1.46. The minimum absolute atomic E-state index is 0.0582. The Morgan fingerprint density at radius 2 is 2.12 bits per heavy atom. The van der Waals surface area contributed by atoms with Crippen molar-refractivity contribution < 1.29 is 12.8 Å². The van der Waals surface area contributed by atoms with Crippen molar-refractivity contribution in [3.8, 4) is 0 Å². The Hall–Kier alpha value is -1.77. The Kier molecular flexibility index (Phi) is 4.46. The molecule has 0 N–H and O–H groups in total. The zero-order chi connectivity index (χ0) is 17.5. The van der Waals surface area contributed by atoms with Gasteiger partial charge in [-0.3, -0.25) is 4.79 Å². The van der Waals surface area contributed by atoms with Crippen LogP contribution in [0.5, 0.6) is 0 Å². The van der Waals surface area contributed by atoms with Crippen molar-refractivity contribution in [2.45, 2.75) is 18.7 Å². The molecule has 0 aliphatic carbocycles. The van der Waals surface area contributed by atoms with Crippen molar-refractivity contribution in [2.24, 2.45) is 7.05 Å². The van der Waals surface area contributed by atoms with Crippen LogP contribution in [0.4, 0.5) is 4.39 Å². The van der Waals surface area contributed by atoms with E-state index in [2.05, 4.69) is 4.98 Å². The van der Waals surface area contributed by atoms with Crippen LogP contribution in [0.2, 0.25) is 5.02 Å². The van der Waals surface area contributed by atoms with E-state index >= 15 is 0 Å². The first-order chi connectivity index (χ1) is 11.3. The second-order valence-electron chi connectivity index (χ2n) is 5.67. The average Bonchev–Trinajstić information content (AvgIpc) is 2.54. The van der Waals surface area contributed by atoms with Crippen molar-refractivity contribution in [1.82, 2.24) is 13.9 Å². The molecule has 0 radical (unpaired) electrons. The first-order valence-corrected chi connectivity index (χ1v) is 9.22. The summed E-state index contributed by atoms with van der Waals surface area (Å²) in [5, 5.41) is -0.114. The van der Waals surface area contributed by atoms with E-state index in [0.29, 0.717) is 23.2 Å². The Bertz CT molecular complexity index is 959. The van der Waals surface area contributed by atoms with Gasteiger partial charge in [-0.15, -0.1) is 0 Å². The SMILES string of the molecule is Cn1cnc2c(c1=O)CCN(S(=O)(=O)Cc1ccc(F)c(Cl)c1)C2. The number of fused-ring (bicyclic) bond motifs is 1. The van der Waals surface area contributed by atoms with Gasteiger partial charge < -0.3 is 4.57 Å². The number of hydrogen-bond donors (Lipinski definition) is 0. The summed E-state index contributed by atoms with van der Waals surface area (Å²) in [7, 11) is -2.02. The number of nitrogens with zero attached hydrogens (tertiary/aromatic N) is 3. The lowest BCUT2D eigenvalue weighted by molar-refractivity contribution is 0.381. The molecule has 2 aromatic rings. The summed E-state index contributed by atoms with van der Waals surface area (Å²) >= 11 is 5.70. The monoisotopic (exact) mass is 371 g/mol. The fourth-order valence-electron chi connectivity index (χ4n) is 2.66. The van der Waals surface area contributed by atoms with E-state index in [9.17, 15) is 17.6 Å². The molecule has 9 heteroatoms. The van der Waals surface area contributed by atoms with Gasteiger partial charge in [0.05, 0.1) is 29.3 Å². The second kappa shape index (κ2) is 6.27. The minimum Gasteiger partial charge on any atom is -0.302 e. The van der Waals surface area contributed by atoms with Crippen LogP contribution in [0.25, 0.3) is 0 Å². The normalized spacial score (nSPS) is 15.3. The summed E-state index contributed by atoms with van der Waals surface area (Å²) in [5.74, 6) is -0.877. The summed E-state index contributed by atoms with van der Waals surface area (Å²) < 4.78 is 41.0. The summed E-state index contributed by atoms with van der Waals surface area (Å²) in [4.78, 5) is 16.2. The van der Waals surface area contributed by atoms with E-state index in [4.69, 9.17) is 11.6 Å². The van der Waals surface area contributed by atoms with E-state index < -0.39 is 15.8 Å². The number of hydrogen-bond acceptors (Lipinski definition) is 4. The summed E-state index contributed by atoms with van der Waals surface area (Å²) in [5.41, 5.74) is 1.29. The van der Waals surface area contributed by atoms with E-state index in [-0.39, 0.29) is 29.4 Å². The molecule has 0 saturated carbocycles. The molecule has 1 aromatic heterocycles. The molecule has 0 saturated heterocycles. The third kappa shape index (κ3) is 3.22. The highest BCUT2D eigenvalue weighted by Gasteiger charge is 2.29. The van der Waals surface area contributed by atoms with Gasteiger partial charge >= 0.3 is 0 Å². The molecule has 1 aromatic carbocycles. The fourth-order valence-corrected chi connectivity index (χ4v) is 4.34. The first kappa shape index (κ1) is 17.1. The highest BCUT2D eigenvalue weighted by molar-refractivity contribution is 7.88. The lowest BCUT2D eigenvalue weighted by Crippen LogP contribution is -2.40. The lowest BCUT2D eigenvalue weighted by atomic mass is 10.1. The Morgan fingerprint density at radius 1 is 1.38 bits per heavy atom. The van der Waals surface area contributed by atoms with Gasteiger partial charge in [0, 0.05) is 19.2 Å². The predicted molar refractivity (Wildman–Crippen MR) is 87.6 cm³/mol. The zero-order valence-corrected chi connectivity index (χ0v) is 14.4. The molecule has 0 fully saturated rings. The maximum atomic E-state index is 13.2. The maximum absolute atomic E-state index is 13.2. The third-order valence-electron chi connectivity index (χ3n) is 3.98. The minimum atomic E-state index is -3.63. The molecule has 2 heterocycles. The van der Waals surface area contributed by atoms with Gasteiger partial charge in [0.15, 0.2) is 0 Å². The lowest BCUT2D eigenvalue weighted by Gasteiger charge is -2.27. The number of halogens is 2. The molecule has 1 aliphatic rings. The van der Waals surface area contributed by atoms with Crippen molar-refractivity contribution in [3.63, 3.8) is 0 Å². The van der Waals surface area contributed by atoms with Crippen molar-refractivity contribution in [3.05, 3.63) is 62.5 Å². The summed E-state index contributed by atoms with van der Waals surface area (Å²) in [6, 6.07) is 3.84. The highest BCUT2D eigenvalue weighted by Crippen LogP contribution is 2.22. The number of sulfonamides is 1. The van der Waals surface area contributed by atoms with Crippen LogP contribution in [0.15, 0.2) is 29.3 Å². The van der Waals surface area contributed by atoms with Gasteiger partial charge in [-0.1, -0.05) is 17.7 Å². The van der Waals surface area contributed by atoms with Gasteiger partial charge in [0.2, 0.25) is 10.0 Å². The zero-order valence-electron chi connectivity index (χ0n) is 12.9. The molecular weight excluding hydrogens is 357 g/mol. The number of aryl methyl sites for hydroxylation is 1. The summed E-state index contributed by atoms with van der Waals surface area (Å²) in [6.45, 7) is 0.272. The molecule has 0 unspecified atom stereocenters.